The number of nitrogens with zero attached hydrogens (tertiary/aromatic N) is 1. The Balaban J connectivity index is 1.80. The first kappa shape index (κ1) is 14.8. The lowest BCUT2D eigenvalue weighted by atomic mass is 10.0. The molecule has 1 aliphatic heterocycles. The van der Waals surface area contributed by atoms with Crippen LogP contribution in [0, 0.1) is 0 Å². The molecular formula is C18H19NO3. The first-order chi connectivity index (χ1) is 10.8. The maximum Gasteiger partial charge on any atom is 0.130 e. The maximum absolute atomic E-state index is 9.10. The van der Waals surface area contributed by atoms with Crippen molar-refractivity contribution < 1.29 is 14.3 Å². The minimum atomic E-state index is -0.0898. The van der Waals surface area contributed by atoms with E-state index in [0.717, 1.165) is 29.9 Å². The molecular weight excluding hydrogens is 278 g/mol. The van der Waals surface area contributed by atoms with Gasteiger partial charge in [-0.1, -0.05) is 18.2 Å². The normalized spacial score (nSPS) is 18.0. The van der Waals surface area contributed by atoms with Crippen molar-refractivity contribution in [2.75, 3.05) is 6.61 Å². The fourth-order valence-corrected chi connectivity index (χ4v) is 2.48. The summed E-state index contributed by atoms with van der Waals surface area (Å²) in [6.07, 6.45) is 9.86. The smallest absolute Gasteiger partial charge is 0.130 e. The van der Waals surface area contributed by atoms with E-state index in [9.17, 15) is 0 Å². The van der Waals surface area contributed by atoms with E-state index in [1.165, 1.54) is 0 Å². The molecule has 1 atom stereocenters. The summed E-state index contributed by atoms with van der Waals surface area (Å²) in [5, 5.41) is 9.10. The number of aliphatic hydroxyl groups excluding tert-OH is 1. The molecule has 0 radical (unpaired) electrons. The molecule has 3 rings (SSSR count). The van der Waals surface area contributed by atoms with Gasteiger partial charge in [-0.3, -0.25) is 4.98 Å². The largest absolute Gasteiger partial charge is 0.459 e. The van der Waals surface area contributed by atoms with Gasteiger partial charge >= 0.3 is 0 Å². The molecule has 1 aliphatic rings. The summed E-state index contributed by atoms with van der Waals surface area (Å²) in [6, 6.07) is 9.52. The lowest BCUT2D eigenvalue weighted by molar-refractivity contribution is 0.123. The molecule has 0 spiro atoms. The third-order valence-corrected chi connectivity index (χ3v) is 3.60. The van der Waals surface area contributed by atoms with Gasteiger partial charge in [0.1, 0.15) is 18.1 Å². The molecule has 114 valence electrons. The molecule has 0 saturated carbocycles. The molecule has 4 heteroatoms. The highest BCUT2D eigenvalue weighted by Gasteiger charge is 2.12. The molecule has 0 saturated heterocycles. The quantitative estimate of drug-likeness (QED) is 0.830. The van der Waals surface area contributed by atoms with Gasteiger partial charge in [-0.15, -0.1) is 0 Å². The first-order valence-electron chi connectivity index (χ1n) is 7.45. The zero-order chi connectivity index (χ0) is 15.2. The highest BCUT2D eigenvalue weighted by Crippen LogP contribution is 2.25. The van der Waals surface area contributed by atoms with E-state index in [2.05, 4.69) is 17.1 Å². The summed E-state index contributed by atoms with van der Waals surface area (Å²) < 4.78 is 11.2. The lowest BCUT2D eigenvalue weighted by Crippen LogP contribution is -2.04. The van der Waals surface area contributed by atoms with Crippen LogP contribution in [0.4, 0.5) is 0 Å². The van der Waals surface area contributed by atoms with E-state index in [-0.39, 0.29) is 12.7 Å². The second-order valence-corrected chi connectivity index (χ2v) is 5.19. The van der Waals surface area contributed by atoms with Crippen molar-refractivity contribution in [2.24, 2.45) is 0 Å². The Labute approximate surface area is 129 Å². The average molecular weight is 297 g/mol. The van der Waals surface area contributed by atoms with Crippen LogP contribution < -0.4 is 0 Å². The van der Waals surface area contributed by atoms with Gasteiger partial charge in [0.15, 0.2) is 0 Å². The number of pyridine rings is 1. The molecule has 2 aromatic heterocycles. The van der Waals surface area contributed by atoms with Gasteiger partial charge in [-0.2, -0.15) is 0 Å². The van der Waals surface area contributed by atoms with E-state index in [0.29, 0.717) is 12.4 Å². The predicted octanol–water partition coefficient (Wildman–Crippen LogP) is 3.44. The Morgan fingerprint density at radius 2 is 2.27 bits per heavy atom. The monoisotopic (exact) mass is 297 g/mol. The Hall–Kier alpha value is -2.17. The van der Waals surface area contributed by atoms with Crippen molar-refractivity contribution in [1.82, 2.24) is 4.98 Å². The zero-order valence-corrected chi connectivity index (χ0v) is 12.3. The maximum atomic E-state index is 9.10. The molecule has 4 nitrogen and oxygen atoms in total. The molecule has 3 heterocycles. The van der Waals surface area contributed by atoms with Crippen LogP contribution >= 0.6 is 0 Å². The van der Waals surface area contributed by atoms with Crippen LogP contribution in [0.25, 0.3) is 11.6 Å². The number of ether oxygens (including phenoxy) is 1. The van der Waals surface area contributed by atoms with Gasteiger partial charge < -0.3 is 14.3 Å². The van der Waals surface area contributed by atoms with Crippen LogP contribution in [0.3, 0.4) is 0 Å². The number of hydrogen-bond acceptors (Lipinski definition) is 4. The molecule has 0 fully saturated rings. The Morgan fingerprint density at radius 3 is 2.95 bits per heavy atom. The van der Waals surface area contributed by atoms with Gasteiger partial charge in [0.05, 0.1) is 18.4 Å². The van der Waals surface area contributed by atoms with Crippen molar-refractivity contribution in [3.05, 3.63) is 65.9 Å². The molecule has 0 amide bonds. The van der Waals surface area contributed by atoms with Crippen molar-refractivity contribution in [3.63, 3.8) is 0 Å². The summed E-state index contributed by atoms with van der Waals surface area (Å²) in [6.45, 7) is 0.610. The van der Waals surface area contributed by atoms with Crippen molar-refractivity contribution in [3.8, 4) is 0 Å². The minimum Gasteiger partial charge on any atom is -0.459 e. The van der Waals surface area contributed by atoms with Crippen molar-refractivity contribution in [2.45, 2.75) is 25.6 Å². The van der Waals surface area contributed by atoms with E-state index < -0.39 is 0 Å². The average Bonchev–Trinajstić information content (AvgIpc) is 3.23. The number of allylic oxidation sites excluding steroid dienone is 1. The van der Waals surface area contributed by atoms with Crippen LogP contribution in [0.5, 0.6) is 0 Å². The van der Waals surface area contributed by atoms with E-state index >= 15 is 0 Å². The lowest BCUT2D eigenvalue weighted by Gasteiger charge is -2.10. The zero-order valence-electron chi connectivity index (χ0n) is 12.3. The minimum absolute atomic E-state index is 0.0898. The second-order valence-electron chi connectivity index (χ2n) is 5.19. The predicted molar refractivity (Wildman–Crippen MR) is 84.9 cm³/mol. The summed E-state index contributed by atoms with van der Waals surface area (Å²) >= 11 is 0. The fraction of sp³-hybridized carbons (Fsp3) is 0.278. The van der Waals surface area contributed by atoms with Gasteiger partial charge in [0, 0.05) is 6.20 Å². The van der Waals surface area contributed by atoms with Gasteiger partial charge in [0.2, 0.25) is 0 Å². The van der Waals surface area contributed by atoms with Crippen LogP contribution in [-0.2, 0) is 11.3 Å². The Kier molecular flexibility index (Phi) is 4.83. The van der Waals surface area contributed by atoms with E-state index in [4.69, 9.17) is 14.3 Å². The molecule has 22 heavy (non-hydrogen) atoms. The third-order valence-electron chi connectivity index (χ3n) is 3.60. The highest BCUT2D eigenvalue weighted by molar-refractivity contribution is 5.78. The van der Waals surface area contributed by atoms with E-state index in [1.807, 2.05) is 30.3 Å². The Morgan fingerprint density at radius 1 is 1.32 bits per heavy atom. The SMILES string of the molecule is OCc1ccc(/C=C(/CC[C@@H]2C=CCO2)c2ccccn2)o1. The fourth-order valence-electron chi connectivity index (χ4n) is 2.48. The summed E-state index contributed by atoms with van der Waals surface area (Å²) in [5.41, 5.74) is 2.04. The molecule has 2 aromatic rings. The molecule has 0 bridgehead atoms. The Bertz CT molecular complexity index is 658. The summed E-state index contributed by atoms with van der Waals surface area (Å²) in [5.74, 6) is 1.29. The molecule has 0 aromatic carbocycles. The third kappa shape index (κ3) is 3.72. The standard InChI is InChI=1S/C18H19NO3/c20-13-17-9-8-16(22-17)12-14(18-5-1-2-10-19-18)6-7-15-4-3-11-21-15/h1-5,8-10,12,15,20H,6-7,11,13H2/b14-12-/t15-/m0/s1. The van der Waals surface area contributed by atoms with Crippen LogP contribution in [0.2, 0.25) is 0 Å². The number of aromatic nitrogens is 1. The molecule has 1 N–H and O–H groups in total. The van der Waals surface area contributed by atoms with Gasteiger partial charge in [-0.05, 0) is 48.8 Å². The topological polar surface area (TPSA) is 55.5 Å². The second kappa shape index (κ2) is 7.20. The van der Waals surface area contributed by atoms with E-state index in [1.54, 1.807) is 12.3 Å². The highest BCUT2D eigenvalue weighted by atomic mass is 16.5. The number of furan rings is 1. The first-order valence-corrected chi connectivity index (χ1v) is 7.45. The summed E-state index contributed by atoms with van der Waals surface area (Å²) in [4.78, 5) is 4.43. The van der Waals surface area contributed by atoms with Gasteiger partial charge in [-0.25, -0.2) is 0 Å². The van der Waals surface area contributed by atoms with Crippen LogP contribution in [-0.4, -0.2) is 22.8 Å². The molecule has 0 aliphatic carbocycles. The number of hydrogen-bond donors (Lipinski definition) is 1. The van der Waals surface area contributed by atoms with Gasteiger partial charge in [0.25, 0.3) is 0 Å². The number of aliphatic hydroxyl groups is 1. The van der Waals surface area contributed by atoms with Crippen molar-refractivity contribution in [1.29, 1.82) is 0 Å². The van der Waals surface area contributed by atoms with Crippen LogP contribution in [0.15, 0.2) is 53.1 Å². The van der Waals surface area contributed by atoms with Crippen LogP contribution in [0.1, 0.15) is 30.1 Å². The van der Waals surface area contributed by atoms with Crippen molar-refractivity contribution >= 4 is 11.6 Å². The molecule has 0 unspecified atom stereocenters. The number of rotatable bonds is 6. The summed E-state index contributed by atoms with van der Waals surface area (Å²) in [7, 11) is 0.